The van der Waals surface area contributed by atoms with E-state index in [9.17, 15) is 24.0 Å². The number of imide groups is 1. The van der Waals surface area contributed by atoms with Crippen molar-refractivity contribution in [2.45, 2.75) is 38.3 Å². The fourth-order valence-corrected chi connectivity index (χ4v) is 7.24. The van der Waals surface area contributed by atoms with Crippen LogP contribution in [-0.2, 0) is 32.7 Å². The second-order valence-corrected chi connectivity index (χ2v) is 14.1. The smallest absolute Gasteiger partial charge is 0.264 e. The average Bonchev–Trinajstić information content (AvgIpc) is 3.45. The van der Waals surface area contributed by atoms with Crippen molar-refractivity contribution in [3.8, 4) is 22.6 Å². The monoisotopic (exact) mass is 780 g/mol. The van der Waals surface area contributed by atoms with Crippen molar-refractivity contribution < 1.29 is 38.1 Å². The van der Waals surface area contributed by atoms with Crippen LogP contribution >= 0.6 is 0 Å². The van der Waals surface area contributed by atoms with Crippen LogP contribution in [0.15, 0.2) is 72.1 Å². The number of likely N-dealkylation sites (N-methyl/N-ethyl adjacent to an activating group) is 1. The summed E-state index contributed by atoms with van der Waals surface area (Å²) < 4.78 is 24.5. The van der Waals surface area contributed by atoms with E-state index in [0.29, 0.717) is 93.5 Å². The molecule has 2 aromatic heterocycles. The summed E-state index contributed by atoms with van der Waals surface area (Å²) >= 11 is 0. The molecule has 0 radical (unpaired) electrons. The van der Waals surface area contributed by atoms with Crippen LogP contribution < -0.4 is 25.7 Å². The number of ketones is 1. The zero-order valence-corrected chi connectivity index (χ0v) is 32.7. The summed E-state index contributed by atoms with van der Waals surface area (Å²) in [6.07, 6.45) is 6.78. The molecule has 2 N–H and O–H groups in total. The number of hydrogen-bond acceptors (Lipinski definition) is 12. The maximum absolute atomic E-state index is 13.3. The Bertz CT molecular complexity index is 2230. The van der Waals surface area contributed by atoms with Crippen LogP contribution in [0.25, 0.3) is 21.9 Å². The van der Waals surface area contributed by atoms with Gasteiger partial charge in [0, 0.05) is 68.7 Å². The summed E-state index contributed by atoms with van der Waals surface area (Å²) in [6, 6.07) is 9.79. The topological polar surface area (TPSA) is 171 Å². The van der Waals surface area contributed by atoms with Gasteiger partial charge in [-0.05, 0) is 67.6 Å². The van der Waals surface area contributed by atoms with Gasteiger partial charge in [0.2, 0.25) is 5.91 Å². The largest absolute Gasteiger partial charge is 0.496 e. The fourth-order valence-electron chi connectivity index (χ4n) is 7.24. The van der Waals surface area contributed by atoms with Crippen molar-refractivity contribution in [2.24, 2.45) is 7.05 Å². The number of aromatic nitrogens is 2. The number of nitrogens with one attached hydrogen (secondary N) is 2. The minimum atomic E-state index is -0.871. The molecule has 1 fully saturated rings. The lowest BCUT2D eigenvalue weighted by Gasteiger charge is -2.29. The zero-order valence-electron chi connectivity index (χ0n) is 32.7. The fraction of sp³-hybridized carbons (Fsp3) is 0.381. The third kappa shape index (κ3) is 9.06. The number of carbonyl (C=O) groups is 4. The van der Waals surface area contributed by atoms with E-state index in [4.69, 9.17) is 18.9 Å². The molecular weight excluding hydrogens is 732 g/mol. The van der Waals surface area contributed by atoms with Gasteiger partial charge in [0.25, 0.3) is 17.4 Å². The number of allylic oxidation sites excluding steroid dienone is 1. The van der Waals surface area contributed by atoms with Gasteiger partial charge in [-0.15, -0.1) is 0 Å². The first-order valence-corrected chi connectivity index (χ1v) is 18.8. The van der Waals surface area contributed by atoms with Crippen molar-refractivity contribution in [2.75, 3.05) is 66.1 Å². The van der Waals surface area contributed by atoms with Gasteiger partial charge in [-0.25, -0.2) is 0 Å². The number of nitrogens with zero attached hydrogens (tertiary/aromatic N) is 4. The minimum absolute atomic E-state index is 0.0758. The van der Waals surface area contributed by atoms with Crippen molar-refractivity contribution in [3.05, 3.63) is 94.3 Å². The standard InChI is InChI=1S/C42H48N6O9/c1-26-11-12-35(39(50)45-26)48-41(52)30-9-6-10-34(38(30)42(48)53)44-15-17-57-19-18-56-16-7-8-28(49)23-46(2)24-33-36(54-4)20-27(21-37(33)55-5)32-25-47(3)40(51)31-22-43-14-13-29(31)32/h6,9-10,13-14,20-22,25,35,44H,1,7-8,11-12,15-19,23-24H2,2-5H3,(H,45,50). The molecule has 2 aromatic carbocycles. The summed E-state index contributed by atoms with van der Waals surface area (Å²) in [5.74, 6) is -0.103. The van der Waals surface area contributed by atoms with E-state index in [-0.39, 0.29) is 29.0 Å². The van der Waals surface area contributed by atoms with Crippen molar-refractivity contribution in [3.63, 3.8) is 0 Å². The summed E-state index contributed by atoms with van der Waals surface area (Å²) in [7, 11) is 6.76. The van der Waals surface area contributed by atoms with Gasteiger partial charge in [-0.1, -0.05) is 12.6 Å². The van der Waals surface area contributed by atoms with Gasteiger partial charge in [-0.3, -0.25) is 38.8 Å². The van der Waals surface area contributed by atoms with Crippen LogP contribution in [0, 0.1) is 0 Å². The van der Waals surface area contributed by atoms with E-state index >= 15 is 0 Å². The molecule has 4 heterocycles. The molecule has 15 heteroatoms. The first-order chi connectivity index (χ1) is 27.5. The number of methoxy groups -OCH3 is 2. The predicted molar refractivity (Wildman–Crippen MR) is 213 cm³/mol. The number of fused-ring (bicyclic) bond motifs is 2. The second-order valence-electron chi connectivity index (χ2n) is 14.1. The number of benzene rings is 2. The van der Waals surface area contributed by atoms with Gasteiger partial charge >= 0.3 is 0 Å². The number of pyridine rings is 2. The number of aryl methyl sites for hydroxylation is 1. The van der Waals surface area contributed by atoms with Crippen molar-refractivity contribution >= 4 is 40.0 Å². The summed E-state index contributed by atoms with van der Waals surface area (Å²) in [6.45, 7) is 6.23. The number of amides is 3. The Morgan fingerprint density at radius 2 is 1.72 bits per heavy atom. The summed E-state index contributed by atoms with van der Waals surface area (Å²) in [4.78, 5) is 71.6. The maximum Gasteiger partial charge on any atom is 0.264 e. The lowest BCUT2D eigenvalue weighted by atomic mass is 9.99. The summed E-state index contributed by atoms with van der Waals surface area (Å²) in [5.41, 5.74) is 3.92. The third-order valence-electron chi connectivity index (χ3n) is 10.0. The summed E-state index contributed by atoms with van der Waals surface area (Å²) in [5, 5.41) is 7.11. The van der Waals surface area contributed by atoms with E-state index in [1.54, 1.807) is 58.1 Å². The van der Waals surface area contributed by atoms with E-state index in [0.717, 1.165) is 27.0 Å². The molecule has 0 spiro atoms. The lowest BCUT2D eigenvalue weighted by molar-refractivity contribution is -0.125. The van der Waals surface area contributed by atoms with Crippen molar-refractivity contribution in [1.29, 1.82) is 0 Å². The van der Waals surface area contributed by atoms with Crippen LogP contribution in [-0.4, -0.2) is 110 Å². The van der Waals surface area contributed by atoms with E-state index in [2.05, 4.69) is 22.2 Å². The zero-order chi connectivity index (χ0) is 40.6. The molecule has 0 aliphatic carbocycles. The quantitative estimate of drug-likeness (QED) is 0.104. The van der Waals surface area contributed by atoms with E-state index < -0.39 is 23.8 Å². The number of ether oxygens (including phenoxy) is 4. The molecule has 57 heavy (non-hydrogen) atoms. The normalized spacial score (nSPS) is 15.3. The maximum atomic E-state index is 13.3. The lowest BCUT2D eigenvalue weighted by Crippen LogP contribution is -2.51. The highest BCUT2D eigenvalue weighted by molar-refractivity contribution is 6.25. The Labute approximate surface area is 330 Å². The Hall–Kier alpha value is -5.90. The highest BCUT2D eigenvalue weighted by Crippen LogP contribution is 2.38. The molecule has 6 rings (SSSR count). The third-order valence-corrected chi connectivity index (χ3v) is 10.0. The molecular formula is C42H48N6O9. The molecule has 1 unspecified atom stereocenters. The van der Waals surface area contributed by atoms with Crippen LogP contribution in [0.4, 0.5) is 5.69 Å². The molecule has 4 aromatic rings. The molecule has 15 nitrogen and oxygen atoms in total. The second kappa shape index (κ2) is 18.4. The molecule has 3 amide bonds. The van der Waals surface area contributed by atoms with Gasteiger partial charge in [0.15, 0.2) is 0 Å². The van der Waals surface area contributed by atoms with Crippen LogP contribution in [0.5, 0.6) is 11.5 Å². The Balaban J connectivity index is 0.901. The molecule has 2 aliphatic rings. The van der Waals surface area contributed by atoms with E-state index in [1.165, 1.54) is 4.57 Å². The molecule has 1 atom stereocenters. The Morgan fingerprint density at radius 3 is 2.44 bits per heavy atom. The number of hydrogen-bond donors (Lipinski definition) is 2. The van der Waals surface area contributed by atoms with Crippen LogP contribution in [0.3, 0.4) is 0 Å². The van der Waals surface area contributed by atoms with Gasteiger partial charge in [0.1, 0.15) is 23.3 Å². The Kier molecular flexibility index (Phi) is 13.1. The molecule has 300 valence electrons. The number of anilines is 1. The average molecular weight is 781 g/mol. The number of piperidine rings is 1. The number of rotatable bonds is 19. The highest BCUT2D eigenvalue weighted by atomic mass is 16.5. The van der Waals surface area contributed by atoms with Crippen LogP contribution in [0.1, 0.15) is 52.0 Å². The number of carbonyl (C=O) groups excluding carboxylic acids is 4. The Morgan fingerprint density at radius 1 is 0.982 bits per heavy atom. The van der Waals surface area contributed by atoms with Crippen LogP contribution in [0.2, 0.25) is 0 Å². The van der Waals surface area contributed by atoms with E-state index in [1.807, 2.05) is 30.1 Å². The highest BCUT2D eigenvalue weighted by Gasteiger charge is 2.45. The molecule has 1 saturated heterocycles. The predicted octanol–water partition coefficient (Wildman–Crippen LogP) is 3.93. The van der Waals surface area contributed by atoms with Gasteiger partial charge < -0.3 is 34.1 Å². The first kappa shape index (κ1) is 40.8. The van der Waals surface area contributed by atoms with Gasteiger partial charge in [0.05, 0.1) is 62.7 Å². The van der Waals surface area contributed by atoms with Gasteiger partial charge in [-0.2, -0.15) is 0 Å². The minimum Gasteiger partial charge on any atom is -0.496 e. The SMILES string of the molecule is C=C1CCC(N2C(=O)c3cccc(NCCOCCOCCCC(=O)CN(C)Cc4c(OC)cc(-c5cn(C)c(=O)c6cnccc56)cc4OC)c3C2=O)C(=O)N1. The van der Waals surface area contributed by atoms with Crippen molar-refractivity contribution in [1.82, 2.24) is 24.7 Å². The molecule has 0 bridgehead atoms. The molecule has 2 aliphatic heterocycles. The number of Topliss-reactive ketones (excluding diaryl/α,β-unsaturated/α-hetero) is 1. The first-order valence-electron chi connectivity index (χ1n) is 18.8. The molecule has 0 saturated carbocycles.